The van der Waals surface area contributed by atoms with Gasteiger partial charge in [0, 0.05) is 11.0 Å². The van der Waals surface area contributed by atoms with Crippen LogP contribution in [0.4, 0.5) is 0 Å². The molecule has 0 aliphatic heterocycles. The molecule has 0 aliphatic rings. The van der Waals surface area contributed by atoms with Gasteiger partial charge in [0.15, 0.2) is 0 Å². The maximum Gasteiger partial charge on any atom is 0.0635 e. The molecule has 0 atom stereocenters. The summed E-state index contributed by atoms with van der Waals surface area (Å²) in [5.74, 6) is 0. The van der Waals surface area contributed by atoms with Gasteiger partial charge < -0.3 is 5.73 Å². The molecular weight excluding hydrogens is 178 g/mol. The first-order valence-electron chi connectivity index (χ1n) is 4.45. The van der Waals surface area contributed by atoms with Gasteiger partial charge in [0.2, 0.25) is 0 Å². The second-order valence-corrected chi connectivity index (χ2v) is 2.29. The molecule has 0 saturated heterocycles. The molecule has 0 amide bonds. The van der Waals surface area contributed by atoms with Crippen LogP contribution in [0.1, 0.15) is 11.0 Å². The summed E-state index contributed by atoms with van der Waals surface area (Å²) in [6.45, 7) is 0.0947. The Hall–Kier alpha value is -0.340. The van der Waals surface area contributed by atoms with Crippen LogP contribution in [0.3, 0.4) is 0 Å². The van der Waals surface area contributed by atoms with Crippen molar-refractivity contribution in [3.05, 3.63) is 34.2 Å². The third-order valence-electron chi connectivity index (χ3n) is 0.917. The van der Waals surface area contributed by atoms with Gasteiger partial charge >= 0.3 is 0 Å². The summed E-state index contributed by atoms with van der Waals surface area (Å²) >= 11 is 3.09. The van der Waals surface area contributed by atoms with E-state index in [1.807, 2.05) is 0 Å². The quantitative estimate of drug-likeness (QED) is 0.719. The molecule has 0 fully saturated rings. The lowest BCUT2D eigenvalue weighted by molar-refractivity contribution is 1.06. The molecule has 0 aliphatic carbocycles. The normalized spacial score (nSPS) is 15.8. The van der Waals surface area contributed by atoms with Crippen LogP contribution in [-0.4, -0.2) is 0 Å². The maximum absolute atomic E-state index is 7.47. The molecule has 0 saturated carbocycles. The molecule has 1 aromatic carbocycles. The van der Waals surface area contributed by atoms with Crippen LogP contribution in [0.2, 0.25) is 0 Å². The van der Waals surface area contributed by atoms with Crippen molar-refractivity contribution in [1.82, 2.24) is 0 Å². The Bertz CT molecular complexity index is 324. The third-order valence-corrected chi connectivity index (χ3v) is 1.59. The zero-order chi connectivity index (χ0) is 10.2. The summed E-state index contributed by atoms with van der Waals surface area (Å²) in [6, 6.07) is -0.639. The summed E-state index contributed by atoms with van der Waals surface area (Å²) in [6.07, 6.45) is 0. The van der Waals surface area contributed by atoms with Gasteiger partial charge in [-0.15, -0.1) is 0 Å². The highest BCUT2D eigenvalue weighted by Crippen LogP contribution is 2.14. The minimum Gasteiger partial charge on any atom is -0.326 e. The van der Waals surface area contributed by atoms with Crippen molar-refractivity contribution in [1.29, 1.82) is 0 Å². The Morgan fingerprint density at radius 3 is 2.89 bits per heavy atom. The molecular formula is C7H8BrN. The van der Waals surface area contributed by atoms with E-state index in [-0.39, 0.29) is 30.7 Å². The number of hydrogen-bond donors (Lipinski definition) is 1. The molecule has 0 radical (unpaired) electrons. The van der Waals surface area contributed by atoms with E-state index in [1.54, 1.807) is 0 Å². The van der Waals surface area contributed by atoms with Crippen LogP contribution in [0.15, 0.2) is 28.6 Å². The van der Waals surface area contributed by atoms with Crippen LogP contribution in [0, 0.1) is 0 Å². The van der Waals surface area contributed by atoms with Gasteiger partial charge in [0.1, 0.15) is 0 Å². The zero-order valence-electron chi connectivity index (χ0n) is 8.66. The minimum atomic E-state index is -0.242. The first-order chi connectivity index (χ1) is 6.00. The fourth-order valence-corrected chi connectivity index (χ4v) is 0.824. The van der Waals surface area contributed by atoms with E-state index in [9.17, 15) is 0 Å². The Morgan fingerprint density at radius 2 is 2.22 bits per heavy atom. The van der Waals surface area contributed by atoms with Gasteiger partial charge in [0.25, 0.3) is 0 Å². The van der Waals surface area contributed by atoms with Gasteiger partial charge in [-0.05, 0) is 11.6 Å². The molecule has 2 heteroatoms. The van der Waals surface area contributed by atoms with Crippen molar-refractivity contribution in [2.24, 2.45) is 5.73 Å². The number of rotatable bonds is 1. The Balaban J connectivity index is 3.56. The van der Waals surface area contributed by atoms with E-state index < -0.39 is 0 Å². The molecule has 0 bridgehead atoms. The highest BCUT2D eigenvalue weighted by Gasteiger charge is 1.91. The van der Waals surface area contributed by atoms with Crippen molar-refractivity contribution in [2.45, 2.75) is 6.54 Å². The zero-order valence-corrected chi connectivity index (χ0v) is 6.25. The molecule has 2 N–H and O–H groups in total. The molecule has 9 heavy (non-hydrogen) atoms. The lowest BCUT2D eigenvalue weighted by Gasteiger charge is -1.96. The van der Waals surface area contributed by atoms with Crippen molar-refractivity contribution in [3.63, 3.8) is 0 Å². The topological polar surface area (TPSA) is 26.0 Å². The monoisotopic (exact) mass is 189 g/mol. The van der Waals surface area contributed by atoms with E-state index >= 15 is 0 Å². The van der Waals surface area contributed by atoms with Crippen LogP contribution in [0.25, 0.3) is 0 Å². The molecule has 0 unspecified atom stereocenters. The number of nitrogens with two attached hydrogens (primary N) is 1. The van der Waals surface area contributed by atoms with Crippen LogP contribution < -0.4 is 5.73 Å². The highest BCUT2D eigenvalue weighted by molar-refractivity contribution is 9.10. The maximum atomic E-state index is 7.47. The summed E-state index contributed by atoms with van der Waals surface area (Å²) in [7, 11) is 0. The lowest BCUT2D eigenvalue weighted by Crippen LogP contribution is -1.95. The van der Waals surface area contributed by atoms with Gasteiger partial charge in [-0.3, -0.25) is 0 Å². The number of hydrogen-bond acceptors (Lipinski definition) is 1. The SMILES string of the molecule is [2H]c1c([2H])c([2H])c(CN)c(Br)c1[2H]. The average molecular weight is 190 g/mol. The first-order valence-corrected chi connectivity index (χ1v) is 3.24. The molecule has 0 heterocycles. The minimum absolute atomic E-state index is 0.0737. The smallest absolute Gasteiger partial charge is 0.0635 e. The first kappa shape index (κ1) is 3.17. The standard InChI is InChI=1S/C7H8BrN/c8-7-4-2-1-3-6(7)5-9/h1-4H,5,9H2/i1D,2D,3D,4D. The molecule has 1 rings (SSSR count). The molecule has 48 valence electrons. The van der Waals surface area contributed by atoms with E-state index in [4.69, 9.17) is 11.2 Å². The van der Waals surface area contributed by atoms with Crippen molar-refractivity contribution >= 4 is 15.9 Å². The fourth-order valence-electron chi connectivity index (χ4n) is 0.464. The van der Waals surface area contributed by atoms with Gasteiger partial charge in [-0.1, -0.05) is 34.1 Å². The van der Waals surface area contributed by atoms with Crippen LogP contribution in [-0.2, 0) is 6.54 Å². The van der Waals surface area contributed by atoms with E-state index in [0.29, 0.717) is 10.0 Å². The van der Waals surface area contributed by atoms with E-state index in [1.165, 1.54) is 0 Å². The van der Waals surface area contributed by atoms with Crippen molar-refractivity contribution < 1.29 is 5.48 Å². The molecule has 0 spiro atoms. The van der Waals surface area contributed by atoms with Crippen LogP contribution >= 0.6 is 15.9 Å². The molecule has 0 aromatic heterocycles. The summed E-state index contributed by atoms with van der Waals surface area (Å²) in [4.78, 5) is 0. The number of benzene rings is 1. The molecule has 1 aromatic rings. The summed E-state index contributed by atoms with van der Waals surface area (Å²) in [5.41, 5.74) is 5.77. The van der Waals surface area contributed by atoms with E-state index in [2.05, 4.69) is 15.9 Å². The second kappa shape index (κ2) is 2.99. The van der Waals surface area contributed by atoms with Gasteiger partial charge in [-0.25, -0.2) is 0 Å². The Kier molecular flexibility index (Phi) is 1.05. The molecule has 1 nitrogen and oxygen atoms in total. The number of halogens is 1. The predicted molar refractivity (Wildman–Crippen MR) is 42.0 cm³/mol. The van der Waals surface area contributed by atoms with Gasteiger partial charge in [0.05, 0.1) is 5.48 Å². The van der Waals surface area contributed by atoms with Crippen LogP contribution in [0.5, 0.6) is 0 Å². The summed E-state index contributed by atoms with van der Waals surface area (Å²) in [5, 5.41) is 0. The fraction of sp³-hybridized carbons (Fsp3) is 0.143. The predicted octanol–water partition coefficient (Wildman–Crippen LogP) is 1.91. The second-order valence-electron chi connectivity index (χ2n) is 1.50. The van der Waals surface area contributed by atoms with E-state index in [0.717, 1.165) is 0 Å². The summed E-state index contributed by atoms with van der Waals surface area (Å²) < 4.78 is 29.9. The highest BCUT2D eigenvalue weighted by atomic mass is 79.9. The van der Waals surface area contributed by atoms with Crippen molar-refractivity contribution in [3.8, 4) is 0 Å². The average Bonchev–Trinajstić information content (AvgIpc) is 2.13. The largest absolute Gasteiger partial charge is 0.326 e. The van der Waals surface area contributed by atoms with Gasteiger partial charge in [-0.2, -0.15) is 0 Å². The van der Waals surface area contributed by atoms with Crippen molar-refractivity contribution in [2.75, 3.05) is 0 Å². The Morgan fingerprint density at radius 1 is 1.56 bits per heavy atom. The lowest BCUT2D eigenvalue weighted by atomic mass is 10.2. The Labute approximate surface area is 68.6 Å². The third kappa shape index (κ3) is 1.53.